The van der Waals surface area contributed by atoms with Gasteiger partial charge >= 0.3 is 7.59 Å². The van der Waals surface area contributed by atoms with Crippen LogP contribution in [0.3, 0.4) is 0 Å². The molecule has 0 fully saturated rings. The van der Waals surface area contributed by atoms with Crippen LogP contribution in [0.5, 0.6) is 0 Å². The molecule has 1 amide bonds. The predicted molar refractivity (Wildman–Crippen MR) is 166 cm³/mol. The fraction of sp³-hybridized carbons (Fsp3) is 0.114. The highest BCUT2D eigenvalue weighted by Gasteiger charge is 2.40. The summed E-state index contributed by atoms with van der Waals surface area (Å²) in [6.07, 6.45) is 0. The van der Waals surface area contributed by atoms with Gasteiger partial charge in [0, 0.05) is 37.8 Å². The van der Waals surface area contributed by atoms with Crippen molar-refractivity contribution in [2.75, 3.05) is 0 Å². The zero-order valence-corrected chi connectivity index (χ0v) is 24.4. The summed E-state index contributed by atoms with van der Waals surface area (Å²) >= 11 is 0. The molecule has 0 spiro atoms. The lowest BCUT2D eigenvalue weighted by Gasteiger charge is -2.39. The summed E-state index contributed by atoms with van der Waals surface area (Å²) in [7, 11) is -4.03. The number of amides is 1. The van der Waals surface area contributed by atoms with Crippen LogP contribution in [0, 0.1) is 11.6 Å². The van der Waals surface area contributed by atoms with E-state index in [-0.39, 0.29) is 31.7 Å². The second-order valence-corrected chi connectivity index (χ2v) is 12.7. The highest BCUT2D eigenvalue weighted by atomic mass is 31.2. The number of rotatable bonds is 12. The molecule has 0 radical (unpaired) electrons. The summed E-state index contributed by atoms with van der Waals surface area (Å²) in [5.74, 6) is -2.62. The van der Waals surface area contributed by atoms with Gasteiger partial charge in [-0.3, -0.25) is 14.4 Å². The maximum absolute atomic E-state index is 15.7. The third kappa shape index (κ3) is 8.11. The van der Waals surface area contributed by atoms with Gasteiger partial charge in [-0.05, 0) is 34.4 Å². The second-order valence-electron chi connectivity index (χ2n) is 10.2. The first-order valence-electron chi connectivity index (χ1n) is 13.9. The summed E-state index contributed by atoms with van der Waals surface area (Å²) in [6, 6.07) is 40.9. The summed E-state index contributed by atoms with van der Waals surface area (Å²) < 4.78 is 47.6. The molecule has 0 saturated heterocycles. The normalized spacial score (nSPS) is 11.5. The first-order chi connectivity index (χ1) is 20.9. The molecule has 0 atom stereocenters. The van der Waals surface area contributed by atoms with E-state index in [0.717, 1.165) is 34.4 Å². The molecule has 0 aliphatic heterocycles. The van der Waals surface area contributed by atoms with Crippen molar-refractivity contribution in [1.82, 2.24) is 14.4 Å². The lowest BCUT2D eigenvalue weighted by atomic mass is 10.2. The number of carbonyl (C=O) groups is 1. The van der Waals surface area contributed by atoms with E-state index in [0.29, 0.717) is 6.07 Å². The van der Waals surface area contributed by atoms with Gasteiger partial charge < -0.3 is 0 Å². The van der Waals surface area contributed by atoms with Crippen molar-refractivity contribution in [2.24, 2.45) is 0 Å². The number of hydrogen-bond donors (Lipinski definition) is 1. The van der Waals surface area contributed by atoms with E-state index in [1.807, 2.05) is 121 Å². The maximum atomic E-state index is 15.7. The third-order valence-electron chi connectivity index (χ3n) is 6.97. The van der Waals surface area contributed by atoms with Gasteiger partial charge in [-0.2, -0.15) is 0 Å². The Hall–Kier alpha value is -4.42. The van der Waals surface area contributed by atoms with Crippen LogP contribution in [0.15, 0.2) is 140 Å². The maximum Gasteiger partial charge on any atom is 0.312 e. The molecule has 8 heteroatoms. The van der Waals surface area contributed by atoms with Crippen molar-refractivity contribution in [3.8, 4) is 0 Å². The molecule has 5 aromatic rings. The number of nitrogens with one attached hydrogen (secondary N) is 1. The Bertz CT molecular complexity index is 1480. The van der Waals surface area contributed by atoms with Crippen LogP contribution >= 0.6 is 7.59 Å². The first kappa shape index (κ1) is 30.1. The average Bonchev–Trinajstić information content (AvgIpc) is 3.02. The van der Waals surface area contributed by atoms with Gasteiger partial charge in [-0.25, -0.2) is 18.1 Å². The largest absolute Gasteiger partial charge is 0.312 e. The number of nitrogens with zero attached hydrogens (tertiary/aromatic N) is 2. The second kappa shape index (κ2) is 14.2. The Morgan fingerprint density at radius 3 is 1.14 bits per heavy atom. The molecule has 5 aromatic carbocycles. The first-order valence-corrected chi connectivity index (χ1v) is 15.6. The van der Waals surface area contributed by atoms with Crippen molar-refractivity contribution in [3.05, 3.63) is 179 Å². The van der Waals surface area contributed by atoms with E-state index >= 15 is 4.57 Å². The zero-order valence-electron chi connectivity index (χ0n) is 23.5. The number of hydrogen-bond acceptors (Lipinski definition) is 2. The average molecular weight is 596 g/mol. The monoisotopic (exact) mass is 595 g/mol. The molecule has 0 unspecified atom stereocenters. The van der Waals surface area contributed by atoms with E-state index in [4.69, 9.17) is 0 Å². The number of carbonyl (C=O) groups excluding carboxylic acids is 1. The van der Waals surface area contributed by atoms with Crippen molar-refractivity contribution in [3.63, 3.8) is 0 Å². The van der Waals surface area contributed by atoms with Crippen LogP contribution in [0.1, 0.15) is 32.6 Å². The van der Waals surface area contributed by atoms with Gasteiger partial charge in [0.05, 0.1) is 0 Å². The topological polar surface area (TPSA) is 52.7 Å². The predicted octanol–water partition coefficient (Wildman–Crippen LogP) is 8.21. The summed E-state index contributed by atoms with van der Waals surface area (Å²) in [6.45, 7) is 0.964. The Labute approximate surface area is 251 Å². The molecule has 0 bridgehead atoms. The fourth-order valence-corrected chi connectivity index (χ4v) is 7.33. The van der Waals surface area contributed by atoms with Crippen LogP contribution in [0.2, 0.25) is 0 Å². The van der Waals surface area contributed by atoms with Crippen molar-refractivity contribution in [2.45, 2.75) is 26.2 Å². The molecule has 5 nitrogen and oxygen atoms in total. The highest BCUT2D eigenvalue weighted by Crippen LogP contribution is 2.53. The molecule has 1 N–H and O–H groups in total. The molecule has 0 aliphatic carbocycles. The summed E-state index contributed by atoms with van der Waals surface area (Å²) in [5, 5.41) is 2.78. The minimum absolute atomic E-state index is 0.241. The molecule has 0 aliphatic rings. The molecular formula is C35H32F2N3O2P. The van der Waals surface area contributed by atoms with Crippen LogP contribution < -0.4 is 5.09 Å². The van der Waals surface area contributed by atoms with Crippen molar-refractivity contribution >= 4 is 13.5 Å². The molecule has 218 valence electrons. The Balaban J connectivity index is 1.64. The Kier molecular flexibility index (Phi) is 9.90. The van der Waals surface area contributed by atoms with Gasteiger partial charge in [-0.15, -0.1) is 0 Å². The quantitative estimate of drug-likeness (QED) is 0.148. The van der Waals surface area contributed by atoms with Crippen LogP contribution in [-0.4, -0.2) is 15.2 Å². The summed E-state index contributed by atoms with van der Waals surface area (Å²) in [5.41, 5.74) is 3.32. The highest BCUT2D eigenvalue weighted by molar-refractivity contribution is 7.57. The minimum Gasteiger partial charge on any atom is -0.279 e. The molecule has 0 heterocycles. The lowest BCUT2D eigenvalue weighted by Crippen LogP contribution is -2.40. The van der Waals surface area contributed by atoms with Gasteiger partial charge in [0.25, 0.3) is 5.91 Å². The van der Waals surface area contributed by atoms with Crippen molar-refractivity contribution in [1.29, 1.82) is 0 Å². The Morgan fingerprint density at radius 1 is 0.535 bits per heavy atom. The van der Waals surface area contributed by atoms with Crippen LogP contribution in [-0.2, 0) is 30.7 Å². The van der Waals surface area contributed by atoms with Crippen LogP contribution in [0.4, 0.5) is 8.78 Å². The molecule has 0 saturated carbocycles. The van der Waals surface area contributed by atoms with Gasteiger partial charge in [0.2, 0.25) is 0 Å². The van der Waals surface area contributed by atoms with E-state index in [1.54, 1.807) is 9.34 Å². The SMILES string of the molecule is O=C(NP(=O)(N(Cc1ccccc1)Cc1ccccc1)N(Cc1ccccc1)Cc1ccccc1)c1cc(F)cc(F)c1. The summed E-state index contributed by atoms with van der Waals surface area (Å²) in [4.78, 5) is 13.7. The van der Waals surface area contributed by atoms with Gasteiger partial charge in [0.15, 0.2) is 0 Å². The van der Waals surface area contributed by atoms with E-state index < -0.39 is 25.1 Å². The van der Waals surface area contributed by atoms with E-state index in [1.165, 1.54) is 0 Å². The molecule has 43 heavy (non-hydrogen) atoms. The lowest BCUT2D eigenvalue weighted by molar-refractivity contribution is 0.0971. The molecule has 0 aromatic heterocycles. The van der Waals surface area contributed by atoms with E-state index in [2.05, 4.69) is 5.09 Å². The molecular weight excluding hydrogens is 563 g/mol. The fourth-order valence-electron chi connectivity index (χ4n) is 4.87. The Morgan fingerprint density at radius 2 is 0.837 bits per heavy atom. The van der Waals surface area contributed by atoms with Crippen LogP contribution in [0.25, 0.3) is 0 Å². The smallest absolute Gasteiger partial charge is 0.279 e. The minimum atomic E-state index is -4.03. The molecule has 5 rings (SSSR count). The van der Waals surface area contributed by atoms with Crippen molar-refractivity contribution < 1.29 is 18.1 Å². The number of halogens is 2. The third-order valence-corrected chi connectivity index (χ3v) is 9.56. The zero-order chi connectivity index (χ0) is 30.1. The number of benzene rings is 5. The van der Waals surface area contributed by atoms with E-state index in [9.17, 15) is 13.6 Å². The van der Waals surface area contributed by atoms with Gasteiger partial charge in [0.1, 0.15) is 11.6 Å². The van der Waals surface area contributed by atoms with Gasteiger partial charge in [-0.1, -0.05) is 121 Å². The standard InChI is InChI=1S/C35H32F2N3O2P/c36-33-21-32(22-34(37)23-33)35(41)38-43(42,39(24-28-13-5-1-6-14-28)25-29-15-7-2-8-16-29)40(26-30-17-9-3-10-18-30)27-31-19-11-4-12-20-31/h1-23H,24-27H2,(H,38,41,42).